The fraction of sp³-hybridized carbons (Fsp3) is 0.318. The highest BCUT2D eigenvalue weighted by molar-refractivity contribution is 6.31. The number of H-pyrrole nitrogens is 1. The predicted octanol–water partition coefficient (Wildman–Crippen LogP) is 4.02. The molecule has 2 aliphatic rings. The second kappa shape index (κ2) is 6.40. The summed E-state index contributed by atoms with van der Waals surface area (Å²) in [4.78, 5) is 7.08. The van der Waals surface area contributed by atoms with Gasteiger partial charge in [0.1, 0.15) is 0 Å². The molecule has 6 nitrogen and oxygen atoms in total. The van der Waals surface area contributed by atoms with Crippen LogP contribution >= 0.6 is 11.6 Å². The number of aryl methyl sites for hydroxylation is 1. The molecule has 3 aromatic heterocycles. The monoisotopic (exact) mass is 404 g/mol. The molecule has 1 fully saturated rings. The zero-order valence-corrected chi connectivity index (χ0v) is 16.7. The molecule has 7 heteroatoms. The molecule has 1 aromatic carbocycles. The topological polar surface area (TPSA) is 62.6 Å². The minimum Gasteiger partial charge on any atom is -0.297 e. The molecule has 0 aliphatic carbocycles. The molecular formula is C22H21ClN6. The average molecular weight is 405 g/mol. The fourth-order valence-corrected chi connectivity index (χ4v) is 5.10. The molecule has 0 saturated carbocycles. The first-order chi connectivity index (χ1) is 14.2. The third kappa shape index (κ3) is 2.78. The van der Waals surface area contributed by atoms with Crippen LogP contribution in [-0.4, -0.2) is 43.0 Å². The van der Waals surface area contributed by atoms with Crippen LogP contribution in [0.1, 0.15) is 24.2 Å². The van der Waals surface area contributed by atoms with Crippen LogP contribution in [0.25, 0.3) is 22.2 Å². The van der Waals surface area contributed by atoms with Crippen LogP contribution < -0.4 is 0 Å². The first-order valence-corrected chi connectivity index (χ1v) is 10.4. The summed E-state index contributed by atoms with van der Waals surface area (Å²) in [5, 5.41) is 13.9. The van der Waals surface area contributed by atoms with Gasteiger partial charge in [0, 0.05) is 47.9 Å². The number of rotatable bonds is 3. The smallest absolute Gasteiger partial charge is 0.0941 e. The molecule has 6 rings (SSSR count). The molecule has 146 valence electrons. The van der Waals surface area contributed by atoms with Crippen molar-refractivity contribution in [3.05, 3.63) is 65.2 Å². The number of nitrogens with one attached hydrogen (secondary N) is 1. The molecular weight excluding hydrogens is 384 g/mol. The van der Waals surface area contributed by atoms with Gasteiger partial charge in [-0.25, -0.2) is 0 Å². The zero-order valence-electron chi connectivity index (χ0n) is 16.0. The lowest BCUT2D eigenvalue weighted by Crippen LogP contribution is -2.29. The first-order valence-electron chi connectivity index (χ1n) is 10.0. The van der Waals surface area contributed by atoms with Gasteiger partial charge in [0.25, 0.3) is 0 Å². The van der Waals surface area contributed by atoms with Gasteiger partial charge in [0.2, 0.25) is 0 Å². The van der Waals surface area contributed by atoms with Crippen molar-refractivity contribution in [1.29, 1.82) is 0 Å². The molecule has 1 atom stereocenters. The van der Waals surface area contributed by atoms with Gasteiger partial charge >= 0.3 is 0 Å². The molecule has 0 amide bonds. The Morgan fingerprint density at radius 3 is 2.90 bits per heavy atom. The number of fused-ring (bicyclic) bond motifs is 3. The molecule has 29 heavy (non-hydrogen) atoms. The van der Waals surface area contributed by atoms with E-state index >= 15 is 0 Å². The number of hydrogen-bond donors (Lipinski definition) is 1. The van der Waals surface area contributed by atoms with Gasteiger partial charge in [-0.1, -0.05) is 29.8 Å². The Hall–Kier alpha value is -2.70. The number of halogens is 1. The molecule has 4 aromatic rings. The number of aromatic amines is 1. The largest absolute Gasteiger partial charge is 0.297 e. The van der Waals surface area contributed by atoms with E-state index < -0.39 is 0 Å². The fourth-order valence-electron chi connectivity index (χ4n) is 4.95. The van der Waals surface area contributed by atoms with E-state index in [-0.39, 0.29) is 5.41 Å². The van der Waals surface area contributed by atoms with Gasteiger partial charge in [-0.3, -0.25) is 19.7 Å². The minimum absolute atomic E-state index is 0.183. The molecule has 0 bridgehead atoms. The Balaban J connectivity index is 1.29. The Morgan fingerprint density at radius 2 is 2.00 bits per heavy atom. The summed E-state index contributed by atoms with van der Waals surface area (Å²) in [6.07, 6.45) is 5.92. The summed E-state index contributed by atoms with van der Waals surface area (Å²) in [5.41, 5.74) is 5.66. The molecule has 2 aliphatic heterocycles. The quantitative estimate of drug-likeness (QED) is 0.560. The average Bonchev–Trinajstić information content (AvgIpc) is 3.50. The standard InChI is InChI=1S/C22H21ClN6/c23-17-12-25-26-20(17)13-28-7-5-22(14-28)6-8-29-21(22)10-19(27-29)16-9-15-3-1-2-4-18(15)24-11-16/h1-4,9-12H,5-8,13-14H2,(H,25,26). The maximum absolute atomic E-state index is 6.22. The number of para-hydroxylation sites is 1. The first kappa shape index (κ1) is 17.2. The summed E-state index contributed by atoms with van der Waals surface area (Å²) in [6, 6.07) is 12.7. The highest BCUT2D eigenvalue weighted by Gasteiger charge is 2.45. The van der Waals surface area contributed by atoms with E-state index in [0.717, 1.165) is 66.9 Å². The van der Waals surface area contributed by atoms with E-state index in [1.165, 1.54) is 5.69 Å². The van der Waals surface area contributed by atoms with E-state index in [1.807, 2.05) is 18.3 Å². The Morgan fingerprint density at radius 1 is 1.10 bits per heavy atom. The molecule has 1 spiro atoms. The van der Waals surface area contributed by atoms with Crippen LogP contribution in [0.15, 0.2) is 48.8 Å². The van der Waals surface area contributed by atoms with Gasteiger partial charge < -0.3 is 0 Å². The SMILES string of the molecule is Clc1cn[nH]c1CN1CCC2(CCn3nc(-c4cnc5ccccc5c4)cc32)C1. The highest BCUT2D eigenvalue weighted by atomic mass is 35.5. The maximum Gasteiger partial charge on any atom is 0.0941 e. The van der Waals surface area contributed by atoms with E-state index in [0.29, 0.717) is 5.02 Å². The minimum atomic E-state index is 0.183. The van der Waals surface area contributed by atoms with Gasteiger partial charge in [-0.05, 0) is 37.6 Å². The van der Waals surface area contributed by atoms with Crippen LogP contribution in [0.4, 0.5) is 0 Å². The Kier molecular flexibility index (Phi) is 3.79. The molecule has 0 radical (unpaired) electrons. The summed E-state index contributed by atoms with van der Waals surface area (Å²) in [5.74, 6) is 0. The number of hydrogen-bond acceptors (Lipinski definition) is 4. The normalized spacial score (nSPS) is 21.4. The van der Waals surface area contributed by atoms with Crippen LogP contribution in [0.2, 0.25) is 5.02 Å². The summed E-state index contributed by atoms with van der Waals surface area (Å²) in [7, 11) is 0. The van der Waals surface area contributed by atoms with Crippen molar-refractivity contribution < 1.29 is 0 Å². The molecule has 1 N–H and O–H groups in total. The van der Waals surface area contributed by atoms with E-state index in [1.54, 1.807) is 6.20 Å². The van der Waals surface area contributed by atoms with E-state index in [2.05, 4.69) is 49.0 Å². The Bertz CT molecular complexity index is 1210. The second-order valence-corrected chi connectivity index (χ2v) is 8.65. The lowest BCUT2D eigenvalue weighted by Gasteiger charge is -2.23. The van der Waals surface area contributed by atoms with Gasteiger partial charge in [0.15, 0.2) is 0 Å². The maximum atomic E-state index is 6.22. The van der Waals surface area contributed by atoms with Crippen molar-refractivity contribution in [3.8, 4) is 11.3 Å². The lowest BCUT2D eigenvalue weighted by atomic mass is 9.82. The number of aromatic nitrogens is 5. The predicted molar refractivity (Wildman–Crippen MR) is 113 cm³/mol. The van der Waals surface area contributed by atoms with Crippen molar-refractivity contribution in [1.82, 2.24) is 29.9 Å². The van der Waals surface area contributed by atoms with Crippen molar-refractivity contribution in [2.45, 2.75) is 31.3 Å². The zero-order chi connectivity index (χ0) is 19.4. The van der Waals surface area contributed by atoms with Crippen LogP contribution in [0.5, 0.6) is 0 Å². The summed E-state index contributed by atoms with van der Waals surface area (Å²) in [6.45, 7) is 3.89. The highest BCUT2D eigenvalue weighted by Crippen LogP contribution is 2.44. The number of pyridine rings is 1. The summed E-state index contributed by atoms with van der Waals surface area (Å²) >= 11 is 6.22. The van der Waals surface area contributed by atoms with Crippen LogP contribution in [-0.2, 0) is 18.5 Å². The van der Waals surface area contributed by atoms with Gasteiger partial charge in [-0.15, -0.1) is 0 Å². The Labute approximate surface area is 173 Å². The summed E-state index contributed by atoms with van der Waals surface area (Å²) < 4.78 is 2.21. The van der Waals surface area contributed by atoms with Crippen molar-refractivity contribution in [2.24, 2.45) is 0 Å². The van der Waals surface area contributed by atoms with E-state index in [4.69, 9.17) is 16.7 Å². The third-order valence-electron chi connectivity index (χ3n) is 6.49. The molecule has 1 saturated heterocycles. The number of benzene rings is 1. The number of nitrogens with zero attached hydrogens (tertiary/aromatic N) is 5. The number of likely N-dealkylation sites (tertiary alicyclic amines) is 1. The van der Waals surface area contributed by atoms with Gasteiger partial charge in [-0.2, -0.15) is 10.2 Å². The third-order valence-corrected chi connectivity index (χ3v) is 6.82. The van der Waals surface area contributed by atoms with Crippen molar-refractivity contribution in [2.75, 3.05) is 13.1 Å². The van der Waals surface area contributed by atoms with Crippen molar-refractivity contribution >= 4 is 22.5 Å². The second-order valence-electron chi connectivity index (χ2n) is 8.24. The van der Waals surface area contributed by atoms with Crippen LogP contribution in [0, 0.1) is 0 Å². The van der Waals surface area contributed by atoms with Crippen LogP contribution in [0.3, 0.4) is 0 Å². The van der Waals surface area contributed by atoms with Gasteiger partial charge in [0.05, 0.1) is 28.1 Å². The molecule has 1 unspecified atom stereocenters. The lowest BCUT2D eigenvalue weighted by molar-refractivity contribution is 0.298. The van der Waals surface area contributed by atoms with E-state index in [9.17, 15) is 0 Å². The van der Waals surface area contributed by atoms with Crippen molar-refractivity contribution in [3.63, 3.8) is 0 Å². The molecule has 5 heterocycles.